The van der Waals surface area contributed by atoms with E-state index < -0.39 is 0 Å². The number of hydrogen-bond acceptors (Lipinski definition) is 3. The summed E-state index contributed by atoms with van der Waals surface area (Å²) in [4.78, 5) is 0. The molecule has 0 saturated carbocycles. The Labute approximate surface area is 93.2 Å². The fourth-order valence-corrected chi connectivity index (χ4v) is 2.28. The van der Waals surface area contributed by atoms with E-state index >= 15 is 0 Å². The maximum atomic E-state index is 9.23. The van der Waals surface area contributed by atoms with E-state index in [9.17, 15) is 5.11 Å². The molecule has 0 spiro atoms. The van der Waals surface area contributed by atoms with Crippen LogP contribution in [0, 0.1) is 0 Å². The van der Waals surface area contributed by atoms with Crippen molar-refractivity contribution in [3.05, 3.63) is 0 Å². The molecule has 0 radical (unpaired) electrons. The summed E-state index contributed by atoms with van der Waals surface area (Å²) < 4.78 is 5.90. The molecule has 1 aliphatic heterocycles. The van der Waals surface area contributed by atoms with Gasteiger partial charge in [0.1, 0.15) is 0 Å². The van der Waals surface area contributed by atoms with Crippen LogP contribution in [0.3, 0.4) is 0 Å². The smallest absolute Gasteiger partial charge is 0.0692 e. The molecule has 1 unspecified atom stereocenters. The van der Waals surface area contributed by atoms with E-state index in [0.29, 0.717) is 12.6 Å². The topological polar surface area (TPSA) is 41.5 Å². The molecular formula is C12H25NO2. The standard InChI is InChI=1S/C12H25NO2/c1-4-12(5-2)8-11(6-7-15-12)13-9-10(3)14/h10-11,13-14H,4-9H2,1-3H3/t10-,11?/m1/s1. The van der Waals surface area contributed by atoms with Gasteiger partial charge in [-0.25, -0.2) is 0 Å². The number of nitrogens with one attached hydrogen (secondary N) is 1. The maximum absolute atomic E-state index is 9.23. The summed E-state index contributed by atoms with van der Waals surface area (Å²) >= 11 is 0. The lowest BCUT2D eigenvalue weighted by Gasteiger charge is -2.40. The molecule has 0 aromatic heterocycles. The Morgan fingerprint density at radius 2 is 2.13 bits per heavy atom. The maximum Gasteiger partial charge on any atom is 0.0692 e. The van der Waals surface area contributed by atoms with E-state index in [2.05, 4.69) is 19.2 Å². The molecule has 0 aromatic carbocycles. The van der Waals surface area contributed by atoms with Crippen molar-refractivity contribution in [2.24, 2.45) is 0 Å². The summed E-state index contributed by atoms with van der Waals surface area (Å²) in [5, 5.41) is 12.6. The number of rotatable bonds is 5. The molecule has 90 valence electrons. The van der Waals surface area contributed by atoms with Crippen LogP contribution in [0.15, 0.2) is 0 Å². The van der Waals surface area contributed by atoms with Crippen LogP contribution in [0.4, 0.5) is 0 Å². The molecule has 0 bridgehead atoms. The highest BCUT2D eigenvalue weighted by Crippen LogP contribution is 2.31. The molecule has 0 aromatic rings. The summed E-state index contributed by atoms with van der Waals surface area (Å²) in [7, 11) is 0. The SMILES string of the molecule is CCC1(CC)CC(NC[C@@H](C)O)CCO1. The molecule has 15 heavy (non-hydrogen) atoms. The number of aliphatic hydroxyl groups excluding tert-OH is 1. The Kier molecular flexibility index (Phi) is 5.03. The van der Waals surface area contributed by atoms with Gasteiger partial charge in [0.25, 0.3) is 0 Å². The summed E-state index contributed by atoms with van der Waals surface area (Å²) in [6.07, 6.45) is 4.04. The molecule has 3 nitrogen and oxygen atoms in total. The lowest BCUT2D eigenvalue weighted by Crippen LogP contribution is -2.47. The van der Waals surface area contributed by atoms with Gasteiger partial charge >= 0.3 is 0 Å². The van der Waals surface area contributed by atoms with E-state index in [-0.39, 0.29) is 11.7 Å². The quantitative estimate of drug-likeness (QED) is 0.733. The van der Waals surface area contributed by atoms with E-state index in [1.54, 1.807) is 0 Å². The van der Waals surface area contributed by atoms with Crippen LogP contribution >= 0.6 is 0 Å². The molecule has 0 aliphatic carbocycles. The van der Waals surface area contributed by atoms with Crippen LogP contribution in [0.2, 0.25) is 0 Å². The van der Waals surface area contributed by atoms with Crippen molar-refractivity contribution < 1.29 is 9.84 Å². The Hall–Kier alpha value is -0.120. The van der Waals surface area contributed by atoms with Gasteiger partial charge in [0.2, 0.25) is 0 Å². The van der Waals surface area contributed by atoms with Crippen molar-refractivity contribution in [2.45, 2.75) is 64.2 Å². The zero-order chi connectivity index (χ0) is 11.3. The first-order valence-electron chi connectivity index (χ1n) is 6.17. The van der Waals surface area contributed by atoms with Gasteiger partial charge in [-0.1, -0.05) is 13.8 Å². The van der Waals surface area contributed by atoms with Crippen LogP contribution in [-0.2, 0) is 4.74 Å². The fraction of sp³-hybridized carbons (Fsp3) is 1.00. The third kappa shape index (κ3) is 3.74. The molecule has 2 N–H and O–H groups in total. The third-order valence-corrected chi connectivity index (χ3v) is 3.48. The highest BCUT2D eigenvalue weighted by molar-refractivity contribution is 4.88. The number of ether oxygens (including phenoxy) is 1. The van der Waals surface area contributed by atoms with Crippen LogP contribution in [0.5, 0.6) is 0 Å². The molecule has 1 aliphatic rings. The van der Waals surface area contributed by atoms with Crippen molar-refractivity contribution in [3.8, 4) is 0 Å². The number of aliphatic hydroxyl groups is 1. The van der Waals surface area contributed by atoms with Gasteiger partial charge in [0.15, 0.2) is 0 Å². The lowest BCUT2D eigenvalue weighted by atomic mass is 9.86. The van der Waals surface area contributed by atoms with E-state index in [0.717, 1.165) is 32.3 Å². The number of hydrogen-bond donors (Lipinski definition) is 2. The third-order valence-electron chi connectivity index (χ3n) is 3.48. The van der Waals surface area contributed by atoms with E-state index in [1.165, 1.54) is 0 Å². The zero-order valence-corrected chi connectivity index (χ0v) is 10.3. The van der Waals surface area contributed by atoms with Gasteiger partial charge in [0.05, 0.1) is 11.7 Å². The lowest BCUT2D eigenvalue weighted by molar-refractivity contribution is -0.0936. The minimum Gasteiger partial charge on any atom is -0.392 e. The first-order valence-corrected chi connectivity index (χ1v) is 6.17. The molecule has 0 amide bonds. The average molecular weight is 215 g/mol. The van der Waals surface area contributed by atoms with Crippen LogP contribution < -0.4 is 5.32 Å². The molecular weight excluding hydrogens is 190 g/mol. The second-order valence-electron chi connectivity index (χ2n) is 4.69. The molecule has 1 fully saturated rings. The van der Waals surface area contributed by atoms with E-state index in [1.807, 2.05) is 6.92 Å². The van der Waals surface area contributed by atoms with Crippen molar-refractivity contribution >= 4 is 0 Å². The van der Waals surface area contributed by atoms with Gasteiger partial charge in [-0.2, -0.15) is 0 Å². The second kappa shape index (κ2) is 5.83. The van der Waals surface area contributed by atoms with Crippen LogP contribution in [-0.4, -0.2) is 36.0 Å². The normalized spacial score (nSPS) is 27.6. The Bertz CT molecular complexity index is 178. The van der Waals surface area contributed by atoms with E-state index in [4.69, 9.17) is 4.74 Å². The minimum atomic E-state index is -0.259. The highest BCUT2D eigenvalue weighted by atomic mass is 16.5. The van der Waals surface area contributed by atoms with Gasteiger partial charge in [0, 0.05) is 19.2 Å². The first-order chi connectivity index (χ1) is 7.12. The Morgan fingerprint density at radius 1 is 1.47 bits per heavy atom. The Morgan fingerprint density at radius 3 is 2.67 bits per heavy atom. The van der Waals surface area contributed by atoms with Gasteiger partial charge in [-0.3, -0.25) is 0 Å². The summed E-state index contributed by atoms with van der Waals surface area (Å²) in [5.74, 6) is 0. The first kappa shape index (κ1) is 12.9. The summed E-state index contributed by atoms with van der Waals surface area (Å²) in [6, 6.07) is 0.508. The summed E-state index contributed by atoms with van der Waals surface area (Å²) in [5.41, 5.74) is 0.0780. The highest BCUT2D eigenvalue weighted by Gasteiger charge is 2.34. The summed E-state index contributed by atoms with van der Waals surface area (Å²) in [6.45, 7) is 7.74. The minimum absolute atomic E-state index is 0.0780. The monoisotopic (exact) mass is 215 g/mol. The molecule has 1 heterocycles. The van der Waals surface area contributed by atoms with Crippen molar-refractivity contribution in [1.82, 2.24) is 5.32 Å². The largest absolute Gasteiger partial charge is 0.392 e. The Balaban J connectivity index is 2.41. The van der Waals surface area contributed by atoms with Gasteiger partial charge in [-0.15, -0.1) is 0 Å². The van der Waals surface area contributed by atoms with Gasteiger partial charge in [-0.05, 0) is 32.6 Å². The van der Waals surface area contributed by atoms with Gasteiger partial charge < -0.3 is 15.2 Å². The molecule has 1 saturated heterocycles. The second-order valence-corrected chi connectivity index (χ2v) is 4.69. The zero-order valence-electron chi connectivity index (χ0n) is 10.3. The molecule has 1 rings (SSSR count). The average Bonchev–Trinajstić information content (AvgIpc) is 2.26. The molecule has 3 heteroatoms. The molecule has 2 atom stereocenters. The van der Waals surface area contributed by atoms with Crippen LogP contribution in [0.25, 0.3) is 0 Å². The predicted molar refractivity (Wildman–Crippen MR) is 62.0 cm³/mol. The van der Waals surface area contributed by atoms with Crippen LogP contribution in [0.1, 0.15) is 46.5 Å². The predicted octanol–water partition coefficient (Wildman–Crippen LogP) is 1.69. The van der Waals surface area contributed by atoms with Crippen molar-refractivity contribution in [2.75, 3.05) is 13.2 Å². The van der Waals surface area contributed by atoms with Crippen molar-refractivity contribution in [3.63, 3.8) is 0 Å². The fourth-order valence-electron chi connectivity index (χ4n) is 2.28. The van der Waals surface area contributed by atoms with Crippen molar-refractivity contribution in [1.29, 1.82) is 0 Å².